The van der Waals surface area contributed by atoms with E-state index < -0.39 is 46.3 Å². The summed E-state index contributed by atoms with van der Waals surface area (Å²) < 4.78 is 10.5. The Balaban J connectivity index is 2.63. The standard InChI is InChI=1S/C18H30O6/c1-10-7-12(24-11(2)20)14-16(3,4)8-17(5,9-19)18(14,22)13(10)15(21)23-6/h10,12-14,19,22H,7-9H2,1-6H3/t10-,12+,13-,14+,17-,18+/m1/s1. The summed E-state index contributed by atoms with van der Waals surface area (Å²) in [6.07, 6.45) is 0.513. The van der Waals surface area contributed by atoms with Gasteiger partial charge in [0.05, 0.1) is 25.2 Å². The fourth-order valence-corrected chi connectivity index (χ4v) is 5.71. The second-order valence-electron chi connectivity index (χ2n) is 8.55. The largest absolute Gasteiger partial charge is 0.469 e. The van der Waals surface area contributed by atoms with Crippen LogP contribution in [-0.2, 0) is 19.1 Å². The third-order valence-corrected chi connectivity index (χ3v) is 6.27. The predicted molar refractivity (Wildman–Crippen MR) is 86.9 cm³/mol. The lowest BCUT2D eigenvalue weighted by atomic mass is 9.55. The lowest BCUT2D eigenvalue weighted by Gasteiger charge is -2.54. The number of methoxy groups -OCH3 is 1. The molecule has 2 aliphatic carbocycles. The Morgan fingerprint density at radius 1 is 1.25 bits per heavy atom. The van der Waals surface area contributed by atoms with Crippen molar-refractivity contribution in [3.05, 3.63) is 0 Å². The van der Waals surface area contributed by atoms with Crippen molar-refractivity contribution in [2.24, 2.45) is 28.6 Å². The van der Waals surface area contributed by atoms with Gasteiger partial charge < -0.3 is 19.7 Å². The van der Waals surface area contributed by atoms with Crippen LogP contribution in [0.4, 0.5) is 0 Å². The lowest BCUT2D eigenvalue weighted by molar-refractivity contribution is -0.224. The highest BCUT2D eigenvalue weighted by Gasteiger charge is 2.73. The maximum absolute atomic E-state index is 12.5. The molecule has 2 aliphatic rings. The first-order chi connectivity index (χ1) is 10.9. The molecule has 0 saturated heterocycles. The van der Waals surface area contributed by atoms with E-state index in [0.717, 1.165) is 0 Å². The molecule has 0 heterocycles. The zero-order chi connectivity index (χ0) is 18.5. The summed E-state index contributed by atoms with van der Waals surface area (Å²) in [5.41, 5.74) is -2.79. The second kappa shape index (κ2) is 5.99. The van der Waals surface area contributed by atoms with Crippen LogP contribution >= 0.6 is 0 Å². The van der Waals surface area contributed by atoms with Gasteiger partial charge in [-0.2, -0.15) is 0 Å². The van der Waals surface area contributed by atoms with Gasteiger partial charge in [-0.05, 0) is 24.2 Å². The molecule has 2 fully saturated rings. The molecule has 6 heteroatoms. The van der Waals surface area contributed by atoms with Gasteiger partial charge in [0.1, 0.15) is 6.10 Å². The Hall–Kier alpha value is -1.14. The minimum absolute atomic E-state index is 0.233. The third-order valence-electron chi connectivity index (χ3n) is 6.27. The SMILES string of the molecule is COC(=O)[C@H]1[C@H](C)C[C@H](OC(C)=O)[C@H]2C(C)(C)C[C@](C)(CO)[C@]12O. The van der Waals surface area contributed by atoms with Crippen molar-refractivity contribution in [3.8, 4) is 0 Å². The van der Waals surface area contributed by atoms with Crippen LogP contribution in [0.1, 0.15) is 47.5 Å². The van der Waals surface area contributed by atoms with Gasteiger partial charge in [0.2, 0.25) is 0 Å². The number of hydrogen-bond donors (Lipinski definition) is 2. The van der Waals surface area contributed by atoms with Crippen molar-refractivity contribution in [2.75, 3.05) is 13.7 Å². The minimum Gasteiger partial charge on any atom is -0.469 e. The van der Waals surface area contributed by atoms with Crippen molar-refractivity contribution >= 4 is 11.9 Å². The van der Waals surface area contributed by atoms with Crippen LogP contribution in [0.15, 0.2) is 0 Å². The average molecular weight is 342 g/mol. The molecule has 0 aromatic heterocycles. The smallest absolute Gasteiger partial charge is 0.311 e. The molecule has 6 atom stereocenters. The molecule has 0 spiro atoms. The van der Waals surface area contributed by atoms with Crippen LogP contribution in [0.3, 0.4) is 0 Å². The van der Waals surface area contributed by atoms with Crippen molar-refractivity contribution in [3.63, 3.8) is 0 Å². The van der Waals surface area contributed by atoms with Gasteiger partial charge in [0.25, 0.3) is 0 Å². The molecule has 0 aromatic rings. The molecule has 0 radical (unpaired) electrons. The van der Waals surface area contributed by atoms with Crippen molar-refractivity contribution in [2.45, 2.75) is 59.2 Å². The quantitative estimate of drug-likeness (QED) is 0.756. The zero-order valence-electron chi connectivity index (χ0n) is 15.5. The van der Waals surface area contributed by atoms with E-state index >= 15 is 0 Å². The van der Waals surface area contributed by atoms with Crippen LogP contribution in [0.5, 0.6) is 0 Å². The van der Waals surface area contributed by atoms with E-state index in [9.17, 15) is 19.8 Å². The van der Waals surface area contributed by atoms with Crippen LogP contribution < -0.4 is 0 Å². The summed E-state index contributed by atoms with van der Waals surface area (Å²) in [5.74, 6) is -2.33. The highest BCUT2D eigenvalue weighted by molar-refractivity contribution is 5.75. The van der Waals surface area contributed by atoms with E-state index in [2.05, 4.69) is 0 Å². The average Bonchev–Trinajstić information content (AvgIpc) is 2.60. The number of fused-ring (bicyclic) bond motifs is 1. The van der Waals surface area contributed by atoms with E-state index in [4.69, 9.17) is 9.47 Å². The van der Waals surface area contributed by atoms with Gasteiger partial charge in [-0.25, -0.2) is 0 Å². The number of esters is 2. The highest BCUT2D eigenvalue weighted by Crippen LogP contribution is 2.66. The van der Waals surface area contributed by atoms with E-state index in [-0.39, 0.29) is 12.5 Å². The van der Waals surface area contributed by atoms with Crippen molar-refractivity contribution < 1.29 is 29.3 Å². The number of carbonyl (C=O) groups is 2. The maximum atomic E-state index is 12.5. The van der Waals surface area contributed by atoms with Crippen molar-refractivity contribution in [1.82, 2.24) is 0 Å². The van der Waals surface area contributed by atoms with E-state index in [1.807, 2.05) is 20.8 Å². The molecular weight excluding hydrogens is 312 g/mol. The number of rotatable bonds is 3. The first kappa shape index (κ1) is 19.2. The lowest BCUT2D eigenvalue weighted by Crippen LogP contribution is -2.65. The molecule has 0 bridgehead atoms. The van der Waals surface area contributed by atoms with Gasteiger partial charge in [-0.3, -0.25) is 9.59 Å². The summed E-state index contributed by atoms with van der Waals surface area (Å²) in [4.78, 5) is 24.1. The predicted octanol–water partition coefficient (Wildman–Crippen LogP) is 1.52. The molecule has 0 amide bonds. The van der Waals surface area contributed by atoms with E-state index in [0.29, 0.717) is 12.8 Å². The topological polar surface area (TPSA) is 93.1 Å². The zero-order valence-corrected chi connectivity index (χ0v) is 15.5. The van der Waals surface area contributed by atoms with Gasteiger partial charge >= 0.3 is 11.9 Å². The Kier molecular flexibility index (Phi) is 4.79. The van der Waals surface area contributed by atoms with Gasteiger partial charge in [-0.1, -0.05) is 27.7 Å². The summed E-state index contributed by atoms with van der Waals surface area (Å²) in [7, 11) is 1.31. The number of hydrogen-bond acceptors (Lipinski definition) is 6. The summed E-state index contributed by atoms with van der Waals surface area (Å²) in [6, 6.07) is 0. The van der Waals surface area contributed by atoms with E-state index in [1.165, 1.54) is 14.0 Å². The minimum atomic E-state index is -1.50. The number of aliphatic hydroxyl groups is 2. The molecule has 6 nitrogen and oxygen atoms in total. The van der Waals surface area contributed by atoms with E-state index in [1.54, 1.807) is 6.92 Å². The molecular formula is C18H30O6. The molecule has 2 rings (SSSR count). The molecule has 0 aromatic carbocycles. The molecule has 0 unspecified atom stereocenters. The summed E-state index contributed by atoms with van der Waals surface area (Å²) in [6.45, 7) is 8.73. The summed E-state index contributed by atoms with van der Waals surface area (Å²) >= 11 is 0. The van der Waals surface area contributed by atoms with Crippen LogP contribution in [0.25, 0.3) is 0 Å². The third kappa shape index (κ3) is 2.54. The first-order valence-electron chi connectivity index (χ1n) is 8.53. The highest BCUT2D eigenvalue weighted by atomic mass is 16.5. The number of carbonyl (C=O) groups excluding carboxylic acids is 2. The Bertz CT molecular complexity index is 530. The van der Waals surface area contributed by atoms with Crippen LogP contribution in [0, 0.1) is 28.6 Å². The molecule has 24 heavy (non-hydrogen) atoms. The molecule has 138 valence electrons. The first-order valence-corrected chi connectivity index (χ1v) is 8.53. The van der Waals surface area contributed by atoms with Crippen LogP contribution in [0.2, 0.25) is 0 Å². The normalized spacial score (nSPS) is 43.8. The van der Waals surface area contributed by atoms with Gasteiger partial charge in [0, 0.05) is 18.3 Å². The number of ether oxygens (including phenoxy) is 2. The fourth-order valence-electron chi connectivity index (χ4n) is 5.71. The fraction of sp³-hybridized carbons (Fsp3) is 0.889. The van der Waals surface area contributed by atoms with Gasteiger partial charge in [0.15, 0.2) is 0 Å². The molecule has 2 N–H and O–H groups in total. The Morgan fingerprint density at radius 3 is 2.29 bits per heavy atom. The molecule has 2 saturated carbocycles. The van der Waals surface area contributed by atoms with Crippen molar-refractivity contribution in [1.29, 1.82) is 0 Å². The number of aliphatic hydroxyl groups excluding tert-OH is 1. The Labute approximate surface area is 143 Å². The monoisotopic (exact) mass is 342 g/mol. The summed E-state index contributed by atoms with van der Waals surface area (Å²) in [5, 5.41) is 21.9. The maximum Gasteiger partial charge on any atom is 0.311 e. The second-order valence-corrected chi connectivity index (χ2v) is 8.55. The Morgan fingerprint density at radius 2 is 1.83 bits per heavy atom. The van der Waals surface area contributed by atoms with Gasteiger partial charge in [-0.15, -0.1) is 0 Å². The molecule has 0 aliphatic heterocycles. The van der Waals surface area contributed by atoms with Crippen LogP contribution in [-0.4, -0.2) is 47.6 Å².